The van der Waals surface area contributed by atoms with Crippen LogP contribution >= 0.6 is 0 Å². The molecule has 1 aliphatic rings. The zero-order valence-corrected chi connectivity index (χ0v) is 16.7. The van der Waals surface area contributed by atoms with Gasteiger partial charge in [-0.25, -0.2) is 8.42 Å². The van der Waals surface area contributed by atoms with Crippen LogP contribution in [0.2, 0.25) is 0 Å². The molecular weight excluding hydrogens is 421 g/mol. The molecule has 0 spiro atoms. The Morgan fingerprint density at radius 2 is 1.60 bits per heavy atom. The SMILES string of the molecule is O=C(NCC(O)c1ccc(C(F)(F)F)cc1)c1ccc(S(=O)(=O)N2CCCC2)cc1. The van der Waals surface area contributed by atoms with Gasteiger partial charge in [0.15, 0.2) is 0 Å². The Morgan fingerprint density at radius 3 is 2.13 bits per heavy atom. The van der Waals surface area contributed by atoms with Crippen molar-refractivity contribution in [3.8, 4) is 0 Å². The molecule has 0 saturated carbocycles. The number of aliphatic hydroxyl groups is 1. The van der Waals surface area contributed by atoms with E-state index in [0.29, 0.717) is 13.1 Å². The molecule has 0 bridgehead atoms. The van der Waals surface area contributed by atoms with Gasteiger partial charge in [-0.1, -0.05) is 12.1 Å². The lowest BCUT2D eigenvalue weighted by Crippen LogP contribution is -2.29. The third kappa shape index (κ3) is 5.00. The van der Waals surface area contributed by atoms with Crippen molar-refractivity contribution in [3.05, 3.63) is 65.2 Å². The minimum absolute atomic E-state index is 0.103. The van der Waals surface area contributed by atoms with E-state index in [2.05, 4.69) is 5.32 Å². The molecule has 2 N–H and O–H groups in total. The highest BCUT2D eigenvalue weighted by molar-refractivity contribution is 7.89. The van der Waals surface area contributed by atoms with E-state index in [0.717, 1.165) is 37.1 Å². The van der Waals surface area contributed by atoms with Crippen molar-refractivity contribution in [2.24, 2.45) is 0 Å². The number of carbonyl (C=O) groups is 1. The molecule has 0 radical (unpaired) electrons. The summed E-state index contributed by atoms with van der Waals surface area (Å²) in [5.74, 6) is -0.536. The predicted molar refractivity (Wildman–Crippen MR) is 103 cm³/mol. The lowest BCUT2D eigenvalue weighted by Gasteiger charge is -2.16. The first-order valence-corrected chi connectivity index (χ1v) is 10.8. The highest BCUT2D eigenvalue weighted by atomic mass is 32.2. The number of nitrogens with zero attached hydrogens (tertiary/aromatic N) is 1. The van der Waals surface area contributed by atoms with Crippen molar-refractivity contribution in [3.63, 3.8) is 0 Å². The minimum atomic E-state index is -4.47. The number of alkyl halides is 3. The number of sulfonamides is 1. The fourth-order valence-corrected chi connectivity index (χ4v) is 4.68. The fourth-order valence-electron chi connectivity index (χ4n) is 3.16. The number of amides is 1. The van der Waals surface area contributed by atoms with Gasteiger partial charge in [0.1, 0.15) is 0 Å². The Labute approximate surface area is 172 Å². The Bertz CT molecular complexity index is 984. The summed E-state index contributed by atoms with van der Waals surface area (Å²) in [6.45, 7) is 0.747. The van der Waals surface area contributed by atoms with Gasteiger partial charge in [0.05, 0.1) is 16.6 Å². The molecule has 30 heavy (non-hydrogen) atoms. The van der Waals surface area contributed by atoms with Crippen LogP contribution < -0.4 is 5.32 Å². The van der Waals surface area contributed by atoms with E-state index in [1.165, 1.54) is 28.6 Å². The Morgan fingerprint density at radius 1 is 1.03 bits per heavy atom. The molecule has 0 aliphatic carbocycles. The number of halogens is 3. The number of nitrogens with one attached hydrogen (secondary N) is 1. The summed E-state index contributed by atoms with van der Waals surface area (Å²) in [5, 5.41) is 12.6. The van der Waals surface area contributed by atoms with E-state index < -0.39 is 33.8 Å². The zero-order valence-electron chi connectivity index (χ0n) is 15.9. The maximum absolute atomic E-state index is 12.6. The van der Waals surface area contributed by atoms with Crippen LogP contribution in [-0.2, 0) is 16.2 Å². The molecule has 6 nitrogen and oxygen atoms in total. The standard InChI is InChI=1S/C20H21F3N2O4S/c21-20(22,23)16-7-3-14(4-8-16)18(26)13-24-19(27)15-5-9-17(10-6-15)30(28,29)25-11-1-2-12-25/h3-10,18,26H,1-2,11-13H2,(H,24,27). The molecule has 1 heterocycles. The maximum atomic E-state index is 12.6. The maximum Gasteiger partial charge on any atom is 0.416 e. The lowest BCUT2D eigenvalue weighted by molar-refractivity contribution is -0.137. The summed E-state index contributed by atoms with van der Waals surface area (Å²) in [4.78, 5) is 12.4. The van der Waals surface area contributed by atoms with Crippen LogP contribution in [0.1, 0.15) is 40.4 Å². The van der Waals surface area contributed by atoms with Gasteiger partial charge in [0.2, 0.25) is 10.0 Å². The molecule has 10 heteroatoms. The summed E-state index contributed by atoms with van der Waals surface area (Å²) < 4.78 is 64.2. The molecule has 162 valence electrons. The van der Waals surface area contributed by atoms with Crippen LogP contribution in [0, 0.1) is 0 Å². The van der Waals surface area contributed by atoms with E-state index in [4.69, 9.17) is 0 Å². The van der Waals surface area contributed by atoms with E-state index in [-0.39, 0.29) is 22.6 Å². The second kappa shape index (κ2) is 8.75. The van der Waals surface area contributed by atoms with Gasteiger partial charge >= 0.3 is 6.18 Å². The van der Waals surface area contributed by atoms with Crippen LogP contribution in [0.4, 0.5) is 13.2 Å². The predicted octanol–water partition coefficient (Wildman–Crippen LogP) is 2.95. The van der Waals surface area contributed by atoms with Gasteiger partial charge in [-0.3, -0.25) is 4.79 Å². The highest BCUT2D eigenvalue weighted by Gasteiger charge is 2.30. The topological polar surface area (TPSA) is 86.7 Å². The van der Waals surface area contributed by atoms with E-state index in [9.17, 15) is 31.5 Å². The molecule has 1 fully saturated rings. The second-order valence-corrected chi connectivity index (χ2v) is 8.92. The third-order valence-electron chi connectivity index (χ3n) is 4.90. The molecule has 1 unspecified atom stereocenters. The second-order valence-electron chi connectivity index (χ2n) is 6.98. The zero-order chi connectivity index (χ0) is 21.9. The smallest absolute Gasteiger partial charge is 0.387 e. The lowest BCUT2D eigenvalue weighted by atomic mass is 10.1. The van der Waals surface area contributed by atoms with Crippen molar-refractivity contribution < 1.29 is 31.5 Å². The average molecular weight is 442 g/mol. The van der Waals surface area contributed by atoms with Crippen LogP contribution in [-0.4, -0.2) is 43.4 Å². The van der Waals surface area contributed by atoms with Crippen LogP contribution in [0.25, 0.3) is 0 Å². The van der Waals surface area contributed by atoms with E-state index >= 15 is 0 Å². The van der Waals surface area contributed by atoms with Gasteiger partial charge in [-0.2, -0.15) is 17.5 Å². The normalized spacial score (nSPS) is 16.4. The molecule has 1 atom stereocenters. The molecule has 2 aromatic rings. The molecular formula is C20H21F3N2O4S. The van der Waals surface area contributed by atoms with E-state index in [1.54, 1.807) is 0 Å². The van der Waals surface area contributed by atoms with Gasteiger partial charge < -0.3 is 10.4 Å². The molecule has 1 aliphatic heterocycles. The third-order valence-corrected chi connectivity index (χ3v) is 6.81. The van der Waals surface area contributed by atoms with Gasteiger partial charge in [-0.15, -0.1) is 0 Å². The first-order valence-electron chi connectivity index (χ1n) is 9.32. The fraction of sp³-hybridized carbons (Fsp3) is 0.350. The number of benzene rings is 2. The quantitative estimate of drug-likeness (QED) is 0.720. The Kier molecular flexibility index (Phi) is 6.49. The van der Waals surface area contributed by atoms with E-state index in [1.807, 2.05) is 0 Å². The molecule has 1 saturated heterocycles. The van der Waals surface area contributed by atoms with Crippen LogP contribution in [0.15, 0.2) is 53.4 Å². The summed E-state index contributed by atoms with van der Waals surface area (Å²) in [6.07, 6.45) is -4.01. The number of rotatable bonds is 6. The summed E-state index contributed by atoms with van der Waals surface area (Å²) in [6, 6.07) is 9.49. The summed E-state index contributed by atoms with van der Waals surface area (Å²) >= 11 is 0. The van der Waals surface area contributed by atoms with Crippen LogP contribution in [0.3, 0.4) is 0 Å². The monoisotopic (exact) mass is 442 g/mol. The Balaban J connectivity index is 1.59. The van der Waals surface area contributed by atoms with Gasteiger partial charge in [-0.05, 0) is 54.8 Å². The van der Waals surface area contributed by atoms with Crippen molar-refractivity contribution in [2.75, 3.05) is 19.6 Å². The average Bonchev–Trinajstić information content (AvgIpc) is 3.27. The van der Waals surface area contributed by atoms with Gasteiger partial charge in [0, 0.05) is 25.2 Å². The van der Waals surface area contributed by atoms with Crippen molar-refractivity contribution >= 4 is 15.9 Å². The molecule has 0 aromatic heterocycles. The largest absolute Gasteiger partial charge is 0.416 e. The number of carbonyl (C=O) groups excluding carboxylic acids is 1. The molecule has 3 rings (SSSR count). The Hall–Kier alpha value is -2.43. The van der Waals surface area contributed by atoms with Crippen LogP contribution in [0.5, 0.6) is 0 Å². The number of aliphatic hydroxyl groups excluding tert-OH is 1. The minimum Gasteiger partial charge on any atom is -0.387 e. The molecule has 1 amide bonds. The highest BCUT2D eigenvalue weighted by Crippen LogP contribution is 2.30. The first-order chi connectivity index (χ1) is 14.1. The van der Waals surface area contributed by atoms with Crippen molar-refractivity contribution in [1.82, 2.24) is 9.62 Å². The van der Waals surface area contributed by atoms with Crippen molar-refractivity contribution in [2.45, 2.75) is 30.0 Å². The van der Waals surface area contributed by atoms with Crippen molar-refractivity contribution in [1.29, 1.82) is 0 Å². The van der Waals surface area contributed by atoms with Gasteiger partial charge in [0.25, 0.3) is 5.91 Å². The first kappa shape index (κ1) is 22.3. The summed E-state index contributed by atoms with van der Waals surface area (Å²) in [5.41, 5.74) is -0.392. The number of hydrogen-bond donors (Lipinski definition) is 2. The molecule has 2 aromatic carbocycles. The number of hydrogen-bond acceptors (Lipinski definition) is 4. The summed E-state index contributed by atoms with van der Waals surface area (Å²) in [7, 11) is -3.58.